The first-order valence-corrected chi connectivity index (χ1v) is 49.9. The van der Waals surface area contributed by atoms with Crippen molar-refractivity contribution in [2.45, 2.75) is 75.0 Å². The van der Waals surface area contributed by atoms with Crippen molar-refractivity contribution in [3.63, 3.8) is 0 Å². The van der Waals surface area contributed by atoms with Gasteiger partial charge in [-0.2, -0.15) is 0 Å². The lowest BCUT2D eigenvalue weighted by Crippen LogP contribution is -2.74. The number of nitrogens with one attached hydrogen (secondary N) is 1. The maximum absolute atomic E-state index is 3.69. The smallest absolute Gasteiger partial charge is 0.179 e. The zero-order valence-electron chi connectivity index (χ0n) is 69.2. The van der Waals surface area contributed by atoms with Gasteiger partial charge in [-0.05, 0) is 272 Å². The van der Waals surface area contributed by atoms with Gasteiger partial charge < -0.3 is 19.4 Å². The van der Waals surface area contributed by atoms with Gasteiger partial charge in [-0.25, -0.2) is 0 Å². The van der Waals surface area contributed by atoms with Gasteiger partial charge in [-0.15, -0.1) is 0 Å². The van der Waals surface area contributed by atoms with Crippen molar-refractivity contribution in [2.75, 3.05) is 9.80 Å². The monoisotopic (exact) mass is 1680 g/mol. The van der Waals surface area contributed by atoms with Crippen LogP contribution in [0.5, 0.6) is 0 Å². The first-order chi connectivity index (χ1) is 60.8. The molecular weight excluding hydrogens is 1590 g/mol. The van der Waals surface area contributed by atoms with Crippen LogP contribution < -0.4 is 51.3 Å². The molecule has 16 aromatic carbocycles. The molecule has 0 radical (unpaired) electrons. The SMILES string of the molecule is Brc1cccc([Si](c2ccccc2)(c2ccccc2)c2ccccc2)c1.c1ccc([Si](c2ccccc2)(c2ccccc2)c2cccc(-n3c4ccccc4c4cc(N5c6ccccc6C6(c7ccccc75)C5CC7CC(C5)CC6C7)ccc43)c2)cc1.c1ccc2c(c1)N(c1ccc3[nH]c4ccccc4c3c1)c1ccccc1C21C2CC3CC(C2)CC1C3. The summed E-state index contributed by atoms with van der Waals surface area (Å²) in [5, 5.41) is 16.3. The van der Waals surface area contributed by atoms with Gasteiger partial charge in [0.05, 0.1) is 33.8 Å². The van der Waals surface area contributed by atoms with Crippen LogP contribution in [0.25, 0.3) is 49.3 Å². The number of hydrogen-bond donors (Lipinski definition) is 1. The van der Waals surface area contributed by atoms with Crippen LogP contribution in [0, 0.1) is 47.3 Å². The summed E-state index contributed by atoms with van der Waals surface area (Å²) in [4.78, 5) is 8.77. The minimum atomic E-state index is -2.72. The molecule has 2 spiro atoms. The summed E-state index contributed by atoms with van der Waals surface area (Å²) in [5.74, 6) is 6.73. The fraction of sp³-hybridized carbons (Fsp3) is 0.172. The molecule has 0 amide bonds. The van der Waals surface area contributed by atoms with Crippen molar-refractivity contribution in [2.24, 2.45) is 47.3 Å². The van der Waals surface area contributed by atoms with Crippen LogP contribution in [-0.4, -0.2) is 25.7 Å². The molecule has 4 nitrogen and oxygen atoms in total. The number of aromatic nitrogens is 2. The molecule has 10 aliphatic rings. The molecule has 2 aliphatic heterocycles. The van der Waals surface area contributed by atoms with E-state index in [0.717, 1.165) is 51.8 Å². The maximum Gasteiger partial charge on any atom is 0.179 e. The minimum absolute atomic E-state index is 0.0973. The Balaban J connectivity index is 0.000000116. The van der Waals surface area contributed by atoms with E-state index in [1.807, 2.05) is 0 Å². The van der Waals surface area contributed by atoms with E-state index >= 15 is 0 Å². The summed E-state index contributed by atoms with van der Waals surface area (Å²) in [7, 11) is -5.09. The van der Waals surface area contributed by atoms with Gasteiger partial charge >= 0.3 is 0 Å². The third-order valence-corrected chi connectivity index (χ3v) is 41.0. The molecule has 0 atom stereocenters. The number of para-hydroxylation sites is 6. The Bertz CT molecular complexity index is 6680. The first-order valence-electron chi connectivity index (χ1n) is 45.1. The summed E-state index contributed by atoms with van der Waals surface area (Å²) in [5.41, 5.74) is 20.6. The van der Waals surface area contributed by atoms with Crippen LogP contribution in [0.15, 0.2) is 417 Å². The molecule has 596 valence electrons. The zero-order chi connectivity index (χ0) is 81.4. The number of H-pyrrole nitrogens is 1. The Hall–Kier alpha value is -12.4. The Labute approximate surface area is 732 Å². The van der Waals surface area contributed by atoms with Gasteiger partial charge in [-0.3, -0.25) is 0 Å². The molecule has 1 N–H and O–H groups in total. The van der Waals surface area contributed by atoms with Gasteiger partial charge in [0.2, 0.25) is 0 Å². The summed E-state index contributed by atoms with van der Waals surface area (Å²) in [6, 6.07) is 155. The van der Waals surface area contributed by atoms with Crippen LogP contribution in [-0.2, 0) is 10.8 Å². The number of anilines is 6. The zero-order valence-corrected chi connectivity index (χ0v) is 72.8. The highest BCUT2D eigenvalue weighted by Gasteiger charge is 2.63. The summed E-state index contributed by atoms with van der Waals surface area (Å²) < 4.78 is 3.63. The Morgan fingerprint density at radius 3 is 0.967 bits per heavy atom. The first kappa shape index (κ1) is 74.5. The Morgan fingerprint density at radius 2 is 0.553 bits per heavy atom. The standard InChI is InChI=1S/C58H48N2Si.C34H30N2.C24H19BrSi/c1-4-18-46(19-5-1)61(47-20-6-2-7-21-47,48-22-8-3-9-23-48)49-24-16-17-44(38-49)59-54-28-13-10-25-50(54)51-39-45(31-32-55(51)59)60-56-29-14-11-26-52(56)58(53-27-12-15-30-57(53)60)42-34-40-33-41(36-42)37-43(58)35-40;1-4-10-30-26(7-1)27-20-25(13-14-31(27)35-30)36-32-11-5-2-8-28(32)34(29-9-3-6-12-33(29)36)23-16-21-15-22(18-23)19-24(34)17-21;25-20-11-10-18-24(19-20)26(21-12-4-1-5-13-21,22-14-6-2-7-15-22)23-16-8-3-9-17-23/h1-32,38-43H,33-37H2;1-14,20-24,35H,15-19H2;1-19H. The van der Waals surface area contributed by atoms with E-state index in [1.165, 1.54) is 189 Å². The van der Waals surface area contributed by atoms with Gasteiger partial charge in [-0.1, -0.05) is 331 Å². The van der Waals surface area contributed by atoms with E-state index in [1.54, 1.807) is 22.3 Å². The van der Waals surface area contributed by atoms with Crippen molar-refractivity contribution in [3.8, 4) is 5.69 Å². The van der Waals surface area contributed by atoms with Crippen LogP contribution >= 0.6 is 15.9 Å². The van der Waals surface area contributed by atoms with Gasteiger partial charge in [0.15, 0.2) is 16.1 Å². The molecule has 7 heteroatoms. The molecule has 0 saturated heterocycles. The van der Waals surface area contributed by atoms with Gasteiger partial charge in [0.25, 0.3) is 0 Å². The number of rotatable bonds is 11. The highest BCUT2D eigenvalue weighted by molar-refractivity contribution is 9.10. The highest BCUT2D eigenvalue weighted by atomic mass is 79.9. The highest BCUT2D eigenvalue weighted by Crippen LogP contribution is 2.71. The average Bonchev–Trinajstić information content (AvgIpc) is 1.00. The molecule has 8 fully saturated rings. The number of benzene rings is 16. The summed E-state index contributed by atoms with van der Waals surface area (Å²) in [6.07, 6.45) is 14.1. The Kier molecular flexibility index (Phi) is 18.2. The van der Waals surface area contributed by atoms with E-state index in [4.69, 9.17) is 0 Å². The third-order valence-electron chi connectivity index (χ3n) is 30.9. The van der Waals surface area contributed by atoms with Crippen molar-refractivity contribution >= 4 is 151 Å². The molecule has 28 rings (SSSR count). The summed E-state index contributed by atoms with van der Waals surface area (Å²) >= 11 is 3.69. The van der Waals surface area contributed by atoms with Gasteiger partial charge in [0.1, 0.15) is 0 Å². The number of hydrogen-bond acceptors (Lipinski definition) is 2. The number of fused-ring (bicyclic) bond motifs is 10. The van der Waals surface area contributed by atoms with E-state index in [9.17, 15) is 0 Å². The molecule has 4 heterocycles. The fourth-order valence-electron chi connectivity index (χ4n) is 26.9. The van der Waals surface area contributed by atoms with Crippen molar-refractivity contribution in [1.82, 2.24) is 9.55 Å². The molecule has 8 saturated carbocycles. The van der Waals surface area contributed by atoms with Gasteiger partial charge in [0, 0.05) is 64.9 Å². The second-order valence-corrected chi connectivity index (χ2v) is 45.3. The predicted molar refractivity (Wildman–Crippen MR) is 523 cm³/mol. The molecule has 2 aromatic heterocycles. The second kappa shape index (κ2) is 30.0. The maximum atomic E-state index is 3.69. The van der Waals surface area contributed by atoms with Crippen molar-refractivity contribution < 1.29 is 0 Å². The molecule has 8 bridgehead atoms. The number of nitrogens with zero attached hydrogens (tertiary/aromatic N) is 3. The van der Waals surface area contributed by atoms with Crippen LogP contribution in [0.1, 0.15) is 86.5 Å². The summed E-state index contributed by atoms with van der Waals surface area (Å²) in [6.45, 7) is 0. The second-order valence-electron chi connectivity index (χ2n) is 36.8. The predicted octanol–water partition coefficient (Wildman–Crippen LogP) is 24.4. The molecule has 0 unspecified atom stereocenters. The molecule has 123 heavy (non-hydrogen) atoms. The third kappa shape index (κ3) is 11.5. The lowest BCUT2D eigenvalue weighted by molar-refractivity contribution is -0.0419. The van der Waals surface area contributed by atoms with Crippen LogP contribution in [0.4, 0.5) is 34.1 Å². The van der Waals surface area contributed by atoms with Crippen molar-refractivity contribution in [3.05, 3.63) is 439 Å². The lowest BCUT2D eigenvalue weighted by Gasteiger charge is -2.64. The van der Waals surface area contributed by atoms with E-state index in [0.29, 0.717) is 0 Å². The van der Waals surface area contributed by atoms with E-state index in [-0.39, 0.29) is 10.8 Å². The average molecular weight is 1680 g/mol. The number of aromatic amines is 1. The lowest BCUT2D eigenvalue weighted by atomic mass is 9.41. The Morgan fingerprint density at radius 1 is 0.236 bits per heavy atom. The molecule has 18 aromatic rings. The molecule has 8 aliphatic carbocycles. The van der Waals surface area contributed by atoms with Crippen LogP contribution in [0.2, 0.25) is 0 Å². The largest absolute Gasteiger partial charge is 0.355 e. The molecular formula is C116H97BrN4Si2. The number of halogens is 1. The fourth-order valence-corrected chi connectivity index (χ4v) is 37.1. The van der Waals surface area contributed by atoms with E-state index < -0.39 is 16.1 Å². The normalized spacial score (nSPS) is 20.7. The minimum Gasteiger partial charge on any atom is -0.355 e. The van der Waals surface area contributed by atoms with Crippen molar-refractivity contribution in [1.29, 1.82) is 0 Å². The van der Waals surface area contributed by atoms with E-state index in [2.05, 4.69) is 448 Å². The topological polar surface area (TPSA) is 27.2 Å². The quantitative estimate of drug-likeness (QED) is 0.103. The van der Waals surface area contributed by atoms with Crippen LogP contribution in [0.3, 0.4) is 0 Å².